The van der Waals surface area contributed by atoms with Crippen LogP contribution in [0.2, 0.25) is 0 Å². The molecular formula is C27H27N7O4. The summed E-state index contributed by atoms with van der Waals surface area (Å²) in [5.74, 6) is 1.13. The van der Waals surface area contributed by atoms with Crippen molar-refractivity contribution >= 4 is 39.4 Å². The number of para-hydroxylation sites is 1. The number of hydrogen-bond donors (Lipinski definition) is 3. The topological polar surface area (TPSA) is 142 Å². The highest BCUT2D eigenvalue weighted by Crippen LogP contribution is 2.37. The average Bonchev–Trinajstić information content (AvgIpc) is 3.57. The number of benzene rings is 2. The highest BCUT2D eigenvalue weighted by atomic mass is 16.5. The number of hydrogen-bond acceptors (Lipinski definition) is 9. The molecule has 0 spiro atoms. The van der Waals surface area contributed by atoms with Gasteiger partial charge in [0.1, 0.15) is 23.6 Å². The van der Waals surface area contributed by atoms with E-state index in [0.717, 1.165) is 36.9 Å². The van der Waals surface area contributed by atoms with Crippen molar-refractivity contribution in [3.8, 4) is 22.8 Å². The molecule has 4 heterocycles. The summed E-state index contributed by atoms with van der Waals surface area (Å²) in [4.78, 5) is 21.8. The standard InChI is InChI=1S/C27H27N7O4/c1-36-19-5-3-4-16-13-21(38-24(16)19)27(35)32-18-7-6-15(12-20(18)37-2)23-22-25(28)30-14-31-26(22)34(33-23)17-8-10-29-11-9-17/h3-7,12-14,17,29H,8-11H2,1-2H3,(H,32,35)(H2,28,30,31). The van der Waals surface area contributed by atoms with E-state index < -0.39 is 5.91 Å². The van der Waals surface area contributed by atoms with Crippen LogP contribution in [-0.2, 0) is 0 Å². The van der Waals surface area contributed by atoms with Gasteiger partial charge < -0.3 is 30.3 Å². The van der Waals surface area contributed by atoms with E-state index in [0.29, 0.717) is 45.3 Å². The predicted octanol–water partition coefficient (Wildman–Crippen LogP) is 4.02. The van der Waals surface area contributed by atoms with Crippen LogP contribution in [0.5, 0.6) is 11.5 Å². The molecule has 5 aromatic rings. The van der Waals surface area contributed by atoms with Crippen molar-refractivity contribution in [2.24, 2.45) is 0 Å². The van der Waals surface area contributed by atoms with E-state index in [1.165, 1.54) is 6.33 Å². The van der Waals surface area contributed by atoms with E-state index in [2.05, 4.69) is 20.6 Å². The summed E-state index contributed by atoms with van der Waals surface area (Å²) >= 11 is 0. The smallest absolute Gasteiger partial charge is 0.291 e. The summed E-state index contributed by atoms with van der Waals surface area (Å²) in [6, 6.07) is 12.8. The zero-order valence-electron chi connectivity index (χ0n) is 21.0. The minimum absolute atomic E-state index is 0.160. The lowest BCUT2D eigenvalue weighted by Crippen LogP contribution is -2.30. The third kappa shape index (κ3) is 4.06. The number of carbonyl (C=O) groups is 1. The second-order valence-corrected chi connectivity index (χ2v) is 9.09. The number of rotatable bonds is 6. The van der Waals surface area contributed by atoms with Gasteiger partial charge in [-0.25, -0.2) is 14.6 Å². The van der Waals surface area contributed by atoms with Crippen LogP contribution in [0.3, 0.4) is 0 Å². The lowest BCUT2D eigenvalue weighted by atomic mass is 10.1. The predicted molar refractivity (Wildman–Crippen MR) is 144 cm³/mol. The summed E-state index contributed by atoms with van der Waals surface area (Å²) in [7, 11) is 3.10. The van der Waals surface area contributed by atoms with E-state index in [9.17, 15) is 4.79 Å². The van der Waals surface area contributed by atoms with Crippen molar-refractivity contribution < 1.29 is 18.7 Å². The van der Waals surface area contributed by atoms with Gasteiger partial charge in [0.25, 0.3) is 5.91 Å². The largest absolute Gasteiger partial charge is 0.495 e. The number of nitrogen functional groups attached to an aromatic ring is 1. The first-order valence-electron chi connectivity index (χ1n) is 12.3. The Bertz CT molecular complexity index is 1650. The summed E-state index contributed by atoms with van der Waals surface area (Å²) in [5.41, 5.74) is 9.43. The molecule has 2 aromatic carbocycles. The highest BCUT2D eigenvalue weighted by Gasteiger charge is 2.24. The maximum atomic E-state index is 13.0. The van der Waals surface area contributed by atoms with Gasteiger partial charge in [-0.15, -0.1) is 0 Å². The van der Waals surface area contributed by atoms with Gasteiger partial charge in [-0.3, -0.25) is 4.79 Å². The van der Waals surface area contributed by atoms with Crippen molar-refractivity contribution in [2.45, 2.75) is 18.9 Å². The number of fused-ring (bicyclic) bond motifs is 2. The summed E-state index contributed by atoms with van der Waals surface area (Å²) in [5, 5.41) is 12.7. The summed E-state index contributed by atoms with van der Waals surface area (Å²) in [6.07, 6.45) is 3.36. The lowest BCUT2D eigenvalue weighted by molar-refractivity contribution is 0.0998. The fourth-order valence-electron chi connectivity index (χ4n) is 4.94. The average molecular weight is 514 g/mol. The normalized spacial score (nSPS) is 14.2. The van der Waals surface area contributed by atoms with Gasteiger partial charge in [0.2, 0.25) is 0 Å². The monoisotopic (exact) mass is 513 g/mol. The minimum Gasteiger partial charge on any atom is -0.495 e. The van der Waals surface area contributed by atoms with Crippen molar-refractivity contribution in [1.29, 1.82) is 0 Å². The zero-order valence-corrected chi connectivity index (χ0v) is 21.0. The molecule has 0 saturated carbocycles. The molecule has 194 valence electrons. The number of nitrogens with two attached hydrogens (primary N) is 1. The van der Waals surface area contributed by atoms with Gasteiger partial charge in [-0.1, -0.05) is 18.2 Å². The Labute approximate surface area is 217 Å². The molecule has 3 aromatic heterocycles. The van der Waals surface area contributed by atoms with E-state index in [4.69, 9.17) is 24.7 Å². The number of methoxy groups -OCH3 is 2. The first-order chi connectivity index (χ1) is 18.6. The SMILES string of the molecule is COc1cc(-c2nn(C3CCNCC3)c3ncnc(N)c23)ccc1NC(=O)c1cc2cccc(OC)c2o1. The molecule has 11 nitrogen and oxygen atoms in total. The number of nitrogens with one attached hydrogen (secondary N) is 2. The number of furan rings is 1. The maximum absolute atomic E-state index is 13.0. The van der Waals surface area contributed by atoms with Crippen LogP contribution in [0.4, 0.5) is 11.5 Å². The Hall–Kier alpha value is -4.64. The van der Waals surface area contributed by atoms with Crippen molar-refractivity contribution in [1.82, 2.24) is 25.1 Å². The van der Waals surface area contributed by atoms with Crippen molar-refractivity contribution in [3.05, 3.63) is 54.6 Å². The van der Waals surface area contributed by atoms with E-state index >= 15 is 0 Å². The van der Waals surface area contributed by atoms with E-state index in [-0.39, 0.29) is 11.8 Å². The molecule has 0 unspecified atom stereocenters. The van der Waals surface area contributed by atoms with Crippen LogP contribution >= 0.6 is 0 Å². The number of ether oxygens (including phenoxy) is 2. The van der Waals surface area contributed by atoms with Crippen LogP contribution in [-0.4, -0.2) is 53.0 Å². The Kier molecular flexibility index (Phi) is 6.04. The molecule has 1 aliphatic rings. The van der Waals surface area contributed by atoms with Crippen molar-refractivity contribution in [2.75, 3.05) is 38.4 Å². The molecule has 1 amide bonds. The van der Waals surface area contributed by atoms with E-state index in [1.54, 1.807) is 32.4 Å². The molecule has 0 atom stereocenters. The van der Waals surface area contributed by atoms with Crippen LogP contribution in [0, 0.1) is 0 Å². The Balaban J connectivity index is 1.35. The Morgan fingerprint density at radius 1 is 1.11 bits per heavy atom. The van der Waals surface area contributed by atoms with Crippen LogP contribution in [0.1, 0.15) is 29.4 Å². The van der Waals surface area contributed by atoms with Crippen LogP contribution < -0.4 is 25.8 Å². The molecule has 6 rings (SSSR count). The molecule has 0 radical (unpaired) electrons. The number of nitrogens with zero attached hydrogens (tertiary/aromatic N) is 4. The van der Waals surface area contributed by atoms with Gasteiger partial charge >= 0.3 is 0 Å². The number of anilines is 2. The molecule has 0 bridgehead atoms. The second-order valence-electron chi connectivity index (χ2n) is 9.09. The number of piperidine rings is 1. The molecule has 1 aliphatic heterocycles. The summed E-state index contributed by atoms with van der Waals surface area (Å²) < 4.78 is 18.7. The van der Waals surface area contributed by atoms with Crippen molar-refractivity contribution in [3.63, 3.8) is 0 Å². The molecule has 0 aliphatic carbocycles. The number of aromatic nitrogens is 4. The minimum atomic E-state index is -0.410. The fraction of sp³-hybridized carbons (Fsp3) is 0.259. The molecule has 11 heteroatoms. The lowest BCUT2D eigenvalue weighted by Gasteiger charge is -2.23. The highest BCUT2D eigenvalue weighted by molar-refractivity contribution is 6.06. The van der Waals surface area contributed by atoms with Gasteiger partial charge in [-0.2, -0.15) is 5.10 Å². The molecule has 1 saturated heterocycles. The maximum Gasteiger partial charge on any atom is 0.291 e. The molecule has 4 N–H and O–H groups in total. The van der Waals surface area contributed by atoms with Gasteiger partial charge in [0, 0.05) is 10.9 Å². The van der Waals surface area contributed by atoms with E-state index in [1.807, 2.05) is 28.9 Å². The first-order valence-corrected chi connectivity index (χ1v) is 12.3. The van der Waals surface area contributed by atoms with Gasteiger partial charge in [0.15, 0.2) is 22.7 Å². The Morgan fingerprint density at radius 3 is 2.71 bits per heavy atom. The zero-order chi connectivity index (χ0) is 26.2. The van der Waals surface area contributed by atoms with Gasteiger partial charge in [-0.05, 0) is 50.2 Å². The Morgan fingerprint density at radius 2 is 1.92 bits per heavy atom. The number of carbonyl (C=O) groups excluding carboxylic acids is 1. The third-order valence-electron chi connectivity index (χ3n) is 6.85. The third-order valence-corrected chi connectivity index (χ3v) is 6.85. The quantitative estimate of drug-likeness (QED) is 0.307. The first kappa shape index (κ1) is 23.7. The number of amides is 1. The van der Waals surface area contributed by atoms with Crippen LogP contribution in [0.25, 0.3) is 33.3 Å². The molecule has 38 heavy (non-hydrogen) atoms. The van der Waals surface area contributed by atoms with Gasteiger partial charge in [0.05, 0.1) is 31.3 Å². The second kappa shape index (κ2) is 9.67. The molecule has 1 fully saturated rings. The molecular weight excluding hydrogens is 486 g/mol. The fourth-order valence-corrected chi connectivity index (χ4v) is 4.94. The summed E-state index contributed by atoms with van der Waals surface area (Å²) in [6.45, 7) is 1.84. The van der Waals surface area contributed by atoms with Crippen LogP contribution in [0.15, 0.2) is 53.2 Å².